The number of rotatable bonds is 24. The molecule has 1 saturated heterocycles. The molecule has 3 rings (SSSR count). The van der Waals surface area contributed by atoms with Crippen LogP contribution in [-0.2, 0) is 44.7 Å². The zero-order valence-corrected chi connectivity index (χ0v) is 38.6. The number of aromatic hydroxyl groups is 1. The number of anilines is 1. The number of nitrogens with zero attached hydrogens (tertiary/aromatic N) is 6. The van der Waals surface area contributed by atoms with Gasteiger partial charge in [-0.15, -0.1) is 11.3 Å². The SMILES string of the molecule is CCC[C@H](Cc1ccc(O)c(NC(=O)CCOCCN=[N+]=[N-])c1)NC(=O)c1csc([C@@H](C[C@H](C(C)C)N(C)C(=O)[C@@H](NC(=O)[C@H]2CCCCN2C)[C@@H](C)CC)OC(C)=O)n1.O=C=O. The highest BCUT2D eigenvalue weighted by Gasteiger charge is 2.37. The van der Waals surface area contributed by atoms with Crippen molar-refractivity contribution in [2.45, 2.75) is 130 Å². The molecule has 1 aliphatic rings. The Morgan fingerprint density at radius 3 is 2.46 bits per heavy atom. The van der Waals surface area contributed by atoms with Crippen LogP contribution in [0.2, 0.25) is 0 Å². The lowest BCUT2D eigenvalue weighted by Gasteiger charge is -2.38. The molecular formula is C43H65N9O10S. The predicted octanol–water partition coefficient (Wildman–Crippen LogP) is 5.55. The number of ether oxygens (including phenoxy) is 2. The molecule has 6 atom stereocenters. The Morgan fingerprint density at radius 2 is 1.84 bits per heavy atom. The van der Waals surface area contributed by atoms with Gasteiger partial charge >= 0.3 is 12.1 Å². The van der Waals surface area contributed by atoms with Gasteiger partial charge in [-0.1, -0.05) is 65.1 Å². The van der Waals surface area contributed by atoms with Crippen molar-refractivity contribution >= 4 is 52.8 Å². The van der Waals surface area contributed by atoms with Crippen LogP contribution in [0.4, 0.5) is 5.69 Å². The van der Waals surface area contributed by atoms with Gasteiger partial charge in [-0.05, 0) is 74.3 Å². The lowest BCUT2D eigenvalue weighted by Crippen LogP contribution is -2.58. The van der Waals surface area contributed by atoms with Crippen LogP contribution < -0.4 is 16.0 Å². The number of hydrogen-bond acceptors (Lipinski definition) is 14. The number of azide groups is 1. The minimum Gasteiger partial charge on any atom is -0.506 e. The standard InChI is InChI=1S/C42H65N9O8S.CO2/c1-9-13-30(22-29-15-16-35(53)31(23-29)46-37(54)17-20-58-21-18-44-49-43)45-39(55)32-25-60-41(47-32)36(59-28(6)52)24-34(26(3)4)51(8)42(57)38(27(5)10-2)48-40(56)33-14-11-12-19-50(33)7;2-1-3/h15-16,23,25-27,30,33-34,36,38,53H,9-14,17-22,24H2,1-8H3,(H,45,55)(H,46,54)(H,48,56);/t27-,30+,33+,34+,36+,38-;/m0./s1. The van der Waals surface area contributed by atoms with Crippen molar-refractivity contribution in [1.82, 2.24) is 25.4 Å². The van der Waals surface area contributed by atoms with E-state index < -0.39 is 30.1 Å². The van der Waals surface area contributed by atoms with Gasteiger partial charge in [0.2, 0.25) is 17.7 Å². The minimum absolute atomic E-state index is 0.0339. The first-order valence-corrected chi connectivity index (χ1v) is 22.3. The van der Waals surface area contributed by atoms with E-state index in [1.807, 2.05) is 46.6 Å². The molecule has 0 radical (unpaired) electrons. The Balaban J connectivity index is 0.00000442. The maximum absolute atomic E-state index is 14.2. The summed E-state index contributed by atoms with van der Waals surface area (Å²) in [5.41, 5.74) is 9.51. The summed E-state index contributed by atoms with van der Waals surface area (Å²) in [6.45, 7) is 12.5. The first-order valence-electron chi connectivity index (χ1n) is 21.4. The molecule has 63 heavy (non-hydrogen) atoms. The van der Waals surface area contributed by atoms with Crippen LogP contribution in [-0.4, -0.2) is 120 Å². The highest BCUT2D eigenvalue weighted by atomic mass is 32.1. The summed E-state index contributed by atoms with van der Waals surface area (Å²) < 4.78 is 11.1. The number of thiazole rings is 1. The Kier molecular flexibility index (Phi) is 24.2. The molecule has 1 aliphatic heterocycles. The molecule has 19 nitrogen and oxygen atoms in total. The first kappa shape index (κ1) is 53.7. The fourth-order valence-corrected chi connectivity index (χ4v) is 8.15. The summed E-state index contributed by atoms with van der Waals surface area (Å²) in [5.74, 6) is -1.95. The third-order valence-corrected chi connectivity index (χ3v) is 11.9. The average Bonchev–Trinajstić information content (AvgIpc) is 3.74. The van der Waals surface area contributed by atoms with Crippen molar-refractivity contribution in [3.63, 3.8) is 0 Å². The fraction of sp³-hybridized carbons (Fsp3) is 0.651. The third kappa shape index (κ3) is 18.1. The van der Waals surface area contributed by atoms with E-state index >= 15 is 0 Å². The van der Waals surface area contributed by atoms with Gasteiger partial charge < -0.3 is 35.4 Å². The number of carbonyl (C=O) groups excluding carboxylic acids is 7. The van der Waals surface area contributed by atoms with Gasteiger partial charge in [0.15, 0.2) is 6.10 Å². The number of likely N-dealkylation sites (tertiary alicyclic amines) is 1. The highest BCUT2D eigenvalue weighted by molar-refractivity contribution is 7.09. The molecule has 2 heterocycles. The number of benzene rings is 1. The van der Waals surface area contributed by atoms with Crippen molar-refractivity contribution < 1.29 is 48.1 Å². The van der Waals surface area contributed by atoms with Gasteiger partial charge in [-0.3, -0.25) is 28.9 Å². The number of likely N-dealkylation sites (N-methyl/N-ethyl adjacent to an activating group) is 2. The number of phenols is 1. The molecule has 1 aromatic carbocycles. The molecule has 4 amide bonds. The molecule has 0 spiro atoms. The molecule has 2 aromatic rings. The van der Waals surface area contributed by atoms with E-state index in [1.165, 1.54) is 24.3 Å². The minimum atomic E-state index is -0.842. The number of hydrogen-bond donors (Lipinski definition) is 4. The number of esters is 1. The molecule has 0 bridgehead atoms. The number of aromatic nitrogens is 1. The van der Waals surface area contributed by atoms with Gasteiger partial charge in [-0.25, -0.2) is 4.98 Å². The summed E-state index contributed by atoms with van der Waals surface area (Å²) >= 11 is 1.19. The summed E-state index contributed by atoms with van der Waals surface area (Å²) in [6.07, 6.45) is 4.91. The fourth-order valence-electron chi connectivity index (χ4n) is 7.32. The van der Waals surface area contributed by atoms with Crippen molar-refractivity contribution in [2.24, 2.45) is 17.0 Å². The van der Waals surface area contributed by atoms with E-state index in [1.54, 1.807) is 29.5 Å². The first-order chi connectivity index (χ1) is 30.0. The zero-order valence-electron chi connectivity index (χ0n) is 37.8. The van der Waals surface area contributed by atoms with E-state index in [0.717, 1.165) is 37.8 Å². The largest absolute Gasteiger partial charge is 0.506 e. The molecular weight excluding hydrogens is 835 g/mol. The molecule has 4 N–H and O–H groups in total. The van der Waals surface area contributed by atoms with E-state index in [-0.39, 0.29) is 97.5 Å². The van der Waals surface area contributed by atoms with Crippen molar-refractivity contribution in [3.05, 3.63) is 50.3 Å². The number of nitrogens with one attached hydrogen (secondary N) is 3. The van der Waals surface area contributed by atoms with Gasteiger partial charge in [0, 0.05) is 49.3 Å². The van der Waals surface area contributed by atoms with E-state index in [0.29, 0.717) is 24.3 Å². The Labute approximate surface area is 373 Å². The maximum atomic E-state index is 14.2. The van der Waals surface area contributed by atoms with E-state index in [2.05, 4.69) is 31.0 Å². The van der Waals surface area contributed by atoms with Crippen LogP contribution in [0.5, 0.6) is 5.75 Å². The molecule has 0 aliphatic carbocycles. The van der Waals surface area contributed by atoms with E-state index in [4.69, 9.17) is 24.6 Å². The summed E-state index contributed by atoms with van der Waals surface area (Å²) in [6, 6.07) is 3.15. The molecule has 1 aromatic heterocycles. The van der Waals surface area contributed by atoms with Crippen LogP contribution in [0.1, 0.15) is 120 Å². The van der Waals surface area contributed by atoms with Gasteiger partial charge in [0.25, 0.3) is 5.91 Å². The van der Waals surface area contributed by atoms with Crippen molar-refractivity contribution in [2.75, 3.05) is 45.7 Å². The lowest BCUT2D eigenvalue weighted by molar-refractivity contribution is -0.191. The van der Waals surface area contributed by atoms with Crippen molar-refractivity contribution in [1.29, 1.82) is 0 Å². The van der Waals surface area contributed by atoms with Crippen LogP contribution in [0, 0.1) is 11.8 Å². The highest BCUT2D eigenvalue weighted by Crippen LogP contribution is 2.31. The maximum Gasteiger partial charge on any atom is 0.373 e. The topological polar surface area (TPSA) is 262 Å². The molecule has 348 valence electrons. The van der Waals surface area contributed by atoms with Crippen LogP contribution >= 0.6 is 11.3 Å². The smallest absolute Gasteiger partial charge is 0.373 e. The second-order valence-corrected chi connectivity index (χ2v) is 16.9. The Bertz CT molecular complexity index is 1880. The van der Waals surface area contributed by atoms with Crippen LogP contribution in [0.3, 0.4) is 0 Å². The number of amides is 4. The number of piperidine rings is 1. The second kappa shape index (κ2) is 28.3. The normalized spacial score (nSPS) is 16.0. The van der Waals surface area contributed by atoms with Gasteiger partial charge in [-0.2, -0.15) is 9.59 Å². The number of carbonyl (C=O) groups is 5. The third-order valence-electron chi connectivity index (χ3n) is 10.9. The van der Waals surface area contributed by atoms with Gasteiger partial charge in [0.1, 0.15) is 22.5 Å². The number of phenolic OH excluding ortho intramolecular Hbond substituents is 1. The monoisotopic (exact) mass is 899 g/mol. The van der Waals surface area contributed by atoms with Gasteiger partial charge in [0.05, 0.1) is 31.4 Å². The zero-order chi connectivity index (χ0) is 47.1. The summed E-state index contributed by atoms with van der Waals surface area (Å²) in [7, 11) is 3.66. The predicted molar refractivity (Wildman–Crippen MR) is 235 cm³/mol. The van der Waals surface area contributed by atoms with Crippen LogP contribution in [0.15, 0.2) is 28.7 Å². The lowest BCUT2D eigenvalue weighted by atomic mass is 9.92. The molecule has 1 fully saturated rings. The van der Waals surface area contributed by atoms with Crippen LogP contribution in [0.25, 0.3) is 10.4 Å². The second-order valence-electron chi connectivity index (χ2n) is 16.0. The average molecular weight is 900 g/mol. The quantitative estimate of drug-likeness (QED) is 0.0252. The molecule has 0 unspecified atom stereocenters. The van der Waals surface area contributed by atoms with E-state index in [9.17, 15) is 29.1 Å². The molecule has 20 heteroatoms. The Morgan fingerprint density at radius 1 is 1.13 bits per heavy atom. The Hall–Kier alpha value is -5.39. The summed E-state index contributed by atoms with van der Waals surface area (Å²) in [5, 5.41) is 24.7. The summed E-state index contributed by atoms with van der Waals surface area (Å²) in [4.78, 5) is 93.5. The van der Waals surface area contributed by atoms with Crippen molar-refractivity contribution in [3.8, 4) is 5.75 Å². The molecule has 0 saturated carbocycles.